The van der Waals surface area contributed by atoms with Crippen LogP contribution in [0.15, 0.2) is 46.0 Å². The van der Waals surface area contributed by atoms with Crippen molar-refractivity contribution in [3.05, 3.63) is 68.5 Å². The van der Waals surface area contributed by atoms with E-state index >= 15 is 0 Å². The van der Waals surface area contributed by atoms with E-state index in [1.54, 1.807) is 37.5 Å². The van der Waals surface area contributed by atoms with Crippen LogP contribution in [-0.4, -0.2) is 22.2 Å². The lowest BCUT2D eigenvalue weighted by molar-refractivity contribution is -0.139. The predicted molar refractivity (Wildman–Crippen MR) is 88.7 cm³/mol. The molecule has 0 unspecified atom stereocenters. The van der Waals surface area contributed by atoms with E-state index in [2.05, 4.69) is 0 Å². The van der Waals surface area contributed by atoms with Gasteiger partial charge in [0, 0.05) is 26.2 Å². The molecular weight excluding hydrogens is 312 g/mol. The molecule has 0 aliphatic heterocycles. The van der Waals surface area contributed by atoms with E-state index < -0.39 is 17.2 Å². The van der Waals surface area contributed by atoms with Crippen molar-refractivity contribution in [1.82, 2.24) is 9.13 Å². The maximum absolute atomic E-state index is 11.8. The Balaban J connectivity index is 2.02. The summed E-state index contributed by atoms with van der Waals surface area (Å²) in [6.07, 6.45) is 2.88. The van der Waals surface area contributed by atoms with Crippen LogP contribution >= 0.6 is 0 Å². The third-order valence-corrected chi connectivity index (χ3v) is 3.52. The van der Waals surface area contributed by atoms with Gasteiger partial charge in [-0.2, -0.15) is 0 Å². The van der Waals surface area contributed by atoms with Gasteiger partial charge in [-0.25, -0.2) is 9.59 Å². The highest BCUT2D eigenvalue weighted by Gasteiger charge is 2.07. The molecule has 0 amide bonds. The van der Waals surface area contributed by atoms with Crippen LogP contribution in [0.2, 0.25) is 0 Å². The summed E-state index contributed by atoms with van der Waals surface area (Å²) in [4.78, 5) is 35.1. The number of hydrogen-bond acceptors (Lipinski definition) is 5. The Labute approximate surface area is 138 Å². The molecule has 0 saturated heterocycles. The van der Waals surface area contributed by atoms with Gasteiger partial charge in [-0.3, -0.25) is 13.9 Å². The van der Waals surface area contributed by atoms with E-state index in [1.807, 2.05) is 0 Å². The maximum atomic E-state index is 11.8. The normalized spacial score (nSPS) is 10.8. The Morgan fingerprint density at radius 3 is 2.42 bits per heavy atom. The number of ether oxygens (including phenoxy) is 2. The summed E-state index contributed by atoms with van der Waals surface area (Å²) in [7, 11) is 4.47. The average molecular weight is 330 g/mol. The van der Waals surface area contributed by atoms with Crippen LogP contribution in [0.3, 0.4) is 0 Å². The number of nitrogens with zero attached hydrogens (tertiary/aromatic N) is 2. The molecule has 0 aliphatic rings. The third-order valence-electron chi connectivity index (χ3n) is 3.52. The van der Waals surface area contributed by atoms with Crippen LogP contribution in [0, 0.1) is 0 Å². The molecule has 0 fully saturated rings. The van der Waals surface area contributed by atoms with Gasteiger partial charge in [0.15, 0.2) is 0 Å². The number of aromatic nitrogens is 2. The second-order valence-corrected chi connectivity index (χ2v) is 5.09. The lowest BCUT2D eigenvalue weighted by Gasteiger charge is -2.09. The van der Waals surface area contributed by atoms with Crippen molar-refractivity contribution in [2.24, 2.45) is 14.1 Å². The van der Waals surface area contributed by atoms with Crippen molar-refractivity contribution < 1.29 is 14.3 Å². The van der Waals surface area contributed by atoms with Gasteiger partial charge >= 0.3 is 11.7 Å². The molecule has 24 heavy (non-hydrogen) atoms. The minimum Gasteiger partial charge on any atom is -0.497 e. The Kier molecular flexibility index (Phi) is 5.36. The Bertz CT molecular complexity index is 875. The summed E-state index contributed by atoms with van der Waals surface area (Å²) < 4.78 is 12.4. The molecule has 7 heteroatoms. The highest BCUT2D eigenvalue weighted by atomic mass is 16.5. The SMILES string of the molecule is COc1ccc(/C=C/C(=O)OCc2cc(=O)n(C)c(=O)n2C)cc1. The van der Waals surface area contributed by atoms with Crippen LogP contribution in [0.5, 0.6) is 5.75 Å². The second-order valence-electron chi connectivity index (χ2n) is 5.09. The van der Waals surface area contributed by atoms with E-state index in [0.29, 0.717) is 5.69 Å². The zero-order chi connectivity index (χ0) is 17.7. The number of rotatable bonds is 5. The molecule has 0 aliphatic carbocycles. The lowest BCUT2D eigenvalue weighted by Crippen LogP contribution is -2.38. The number of hydrogen-bond donors (Lipinski definition) is 0. The first-order valence-corrected chi connectivity index (χ1v) is 7.17. The quantitative estimate of drug-likeness (QED) is 0.600. The molecule has 1 aromatic carbocycles. The van der Waals surface area contributed by atoms with Crippen LogP contribution in [0.4, 0.5) is 0 Å². The minimum atomic E-state index is -0.570. The van der Waals surface area contributed by atoms with Crippen LogP contribution in [0.25, 0.3) is 6.08 Å². The van der Waals surface area contributed by atoms with Gasteiger partial charge in [0.2, 0.25) is 0 Å². The first kappa shape index (κ1) is 17.3. The molecule has 0 bridgehead atoms. The summed E-state index contributed by atoms with van der Waals surface area (Å²) in [6.45, 7) is -0.159. The molecule has 7 nitrogen and oxygen atoms in total. The zero-order valence-electron chi connectivity index (χ0n) is 13.7. The van der Waals surface area contributed by atoms with Gasteiger partial charge in [-0.15, -0.1) is 0 Å². The summed E-state index contributed by atoms with van der Waals surface area (Å²) in [5.41, 5.74) is 0.225. The van der Waals surface area contributed by atoms with Crippen molar-refractivity contribution in [2.75, 3.05) is 7.11 Å². The smallest absolute Gasteiger partial charge is 0.331 e. The molecule has 2 aromatic rings. The van der Waals surface area contributed by atoms with Gasteiger partial charge < -0.3 is 9.47 Å². The zero-order valence-corrected chi connectivity index (χ0v) is 13.7. The number of esters is 1. The predicted octanol–water partition coefficient (Wildman–Crippen LogP) is 0.849. The highest BCUT2D eigenvalue weighted by molar-refractivity contribution is 5.87. The standard InChI is InChI=1S/C17H18N2O5/c1-18-13(10-15(20)19(2)17(18)22)11-24-16(21)9-6-12-4-7-14(23-3)8-5-12/h4-10H,11H2,1-3H3/b9-6+. The lowest BCUT2D eigenvalue weighted by atomic mass is 10.2. The van der Waals surface area contributed by atoms with Crippen molar-refractivity contribution >= 4 is 12.0 Å². The molecule has 2 rings (SSSR count). The number of carbonyl (C=O) groups excluding carboxylic acids is 1. The fourth-order valence-corrected chi connectivity index (χ4v) is 1.99. The topological polar surface area (TPSA) is 79.5 Å². The molecule has 1 aromatic heterocycles. The van der Waals surface area contributed by atoms with Crippen LogP contribution < -0.4 is 16.0 Å². The van der Waals surface area contributed by atoms with Crippen molar-refractivity contribution in [1.29, 1.82) is 0 Å². The van der Waals surface area contributed by atoms with Gasteiger partial charge in [0.25, 0.3) is 5.56 Å². The Morgan fingerprint density at radius 2 is 1.79 bits per heavy atom. The molecule has 0 spiro atoms. The van der Waals surface area contributed by atoms with E-state index in [4.69, 9.17) is 9.47 Å². The van der Waals surface area contributed by atoms with Gasteiger partial charge in [0.1, 0.15) is 12.4 Å². The number of methoxy groups -OCH3 is 1. The number of benzene rings is 1. The average Bonchev–Trinajstić information content (AvgIpc) is 2.60. The molecule has 0 atom stereocenters. The monoisotopic (exact) mass is 330 g/mol. The fourth-order valence-electron chi connectivity index (χ4n) is 1.99. The van der Waals surface area contributed by atoms with Crippen molar-refractivity contribution in [2.45, 2.75) is 6.61 Å². The first-order chi connectivity index (χ1) is 11.4. The summed E-state index contributed by atoms with van der Waals surface area (Å²) in [5.74, 6) is 0.153. The second kappa shape index (κ2) is 7.45. The largest absolute Gasteiger partial charge is 0.497 e. The summed E-state index contributed by atoms with van der Waals surface area (Å²) in [6, 6.07) is 8.42. The molecule has 1 heterocycles. The van der Waals surface area contributed by atoms with E-state index in [-0.39, 0.29) is 6.61 Å². The summed E-state index contributed by atoms with van der Waals surface area (Å²) in [5, 5.41) is 0. The molecular formula is C17H18N2O5. The van der Waals surface area contributed by atoms with E-state index in [9.17, 15) is 14.4 Å². The van der Waals surface area contributed by atoms with Crippen LogP contribution in [0.1, 0.15) is 11.3 Å². The fraction of sp³-hybridized carbons (Fsp3) is 0.235. The van der Waals surface area contributed by atoms with E-state index in [1.165, 1.54) is 30.8 Å². The molecule has 0 radical (unpaired) electrons. The van der Waals surface area contributed by atoms with Gasteiger partial charge in [-0.05, 0) is 23.8 Å². The molecule has 0 N–H and O–H groups in total. The maximum Gasteiger partial charge on any atom is 0.331 e. The number of carbonyl (C=O) groups is 1. The van der Waals surface area contributed by atoms with Gasteiger partial charge in [-0.1, -0.05) is 12.1 Å². The Morgan fingerprint density at radius 1 is 1.12 bits per heavy atom. The third kappa shape index (κ3) is 4.01. The van der Waals surface area contributed by atoms with Crippen LogP contribution in [-0.2, 0) is 30.2 Å². The molecule has 126 valence electrons. The van der Waals surface area contributed by atoms with Crippen molar-refractivity contribution in [3.63, 3.8) is 0 Å². The van der Waals surface area contributed by atoms with Crippen molar-refractivity contribution in [3.8, 4) is 5.75 Å². The summed E-state index contributed by atoms with van der Waals surface area (Å²) >= 11 is 0. The first-order valence-electron chi connectivity index (χ1n) is 7.17. The van der Waals surface area contributed by atoms with Gasteiger partial charge in [0.05, 0.1) is 12.8 Å². The minimum absolute atomic E-state index is 0.159. The van der Waals surface area contributed by atoms with E-state index in [0.717, 1.165) is 15.9 Å². The molecule has 0 saturated carbocycles. The Hall–Kier alpha value is -3.09. The highest BCUT2D eigenvalue weighted by Crippen LogP contribution is 2.12.